The summed E-state index contributed by atoms with van der Waals surface area (Å²) in [4.78, 5) is 0. The summed E-state index contributed by atoms with van der Waals surface area (Å²) in [7, 11) is -3.05. The molecule has 2 aliphatic rings. The van der Waals surface area contributed by atoms with Crippen LogP contribution in [0.15, 0.2) is 0 Å². The number of nitrogens with one attached hydrogen (secondary N) is 1. The van der Waals surface area contributed by atoms with E-state index in [0.717, 1.165) is 26.1 Å². The summed E-state index contributed by atoms with van der Waals surface area (Å²) >= 11 is 0. The van der Waals surface area contributed by atoms with Crippen LogP contribution in [0.4, 0.5) is 0 Å². The van der Waals surface area contributed by atoms with Crippen LogP contribution in [0.1, 0.15) is 33.1 Å². The van der Waals surface area contributed by atoms with E-state index >= 15 is 0 Å². The summed E-state index contributed by atoms with van der Waals surface area (Å²) in [6.07, 6.45) is 3.37. The van der Waals surface area contributed by atoms with Gasteiger partial charge >= 0.3 is 0 Å². The number of piperidine rings is 1. The van der Waals surface area contributed by atoms with E-state index in [2.05, 4.69) is 5.32 Å². The van der Waals surface area contributed by atoms with E-state index in [1.807, 2.05) is 0 Å². The van der Waals surface area contributed by atoms with Gasteiger partial charge < -0.3 is 5.32 Å². The minimum Gasteiger partial charge on any atom is -0.316 e. The van der Waals surface area contributed by atoms with Gasteiger partial charge in [-0.25, -0.2) is 12.7 Å². The number of hydrogen-bond acceptors (Lipinski definition) is 3. The highest BCUT2D eigenvalue weighted by molar-refractivity contribution is 7.89. The molecule has 1 atom stereocenters. The van der Waals surface area contributed by atoms with E-state index in [1.165, 1.54) is 12.8 Å². The Morgan fingerprint density at radius 2 is 2.06 bits per heavy atom. The third kappa shape index (κ3) is 2.13. The summed E-state index contributed by atoms with van der Waals surface area (Å²) in [5, 5.41) is 3.10. The Kier molecular flexibility index (Phi) is 3.29. The van der Waals surface area contributed by atoms with E-state index in [9.17, 15) is 8.42 Å². The zero-order valence-corrected chi connectivity index (χ0v) is 11.0. The average molecular weight is 246 g/mol. The van der Waals surface area contributed by atoms with Gasteiger partial charge in [0.1, 0.15) is 0 Å². The quantitative estimate of drug-likeness (QED) is 0.784. The molecular weight excluding hydrogens is 224 g/mol. The fourth-order valence-corrected chi connectivity index (χ4v) is 4.18. The van der Waals surface area contributed by atoms with E-state index in [1.54, 1.807) is 18.2 Å². The van der Waals surface area contributed by atoms with Gasteiger partial charge in [-0.05, 0) is 45.1 Å². The summed E-state index contributed by atoms with van der Waals surface area (Å²) in [6.45, 7) is 7.03. The fraction of sp³-hybridized carbons (Fsp3) is 1.00. The molecule has 0 aromatic carbocycles. The monoisotopic (exact) mass is 246 g/mol. The van der Waals surface area contributed by atoms with Crippen molar-refractivity contribution < 1.29 is 8.42 Å². The van der Waals surface area contributed by atoms with Crippen molar-refractivity contribution >= 4 is 10.0 Å². The number of sulfonamides is 1. The van der Waals surface area contributed by atoms with Crippen molar-refractivity contribution in [3.63, 3.8) is 0 Å². The molecule has 94 valence electrons. The molecule has 0 amide bonds. The molecule has 0 aromatic heterocycles. The van der Waals surface area contributed by atoms with Gasteiger partial charge in [-0.1, -0.05) is 0 Å². The van der Waals surface area contributed by atoms with Crippen LogP contribution in [0.3, 0.4) is 0 Å². The van der Waals surface area contributed by atoms with Crippen molar-refractivity contribution in [1.29, 1.82) is 0 Å². The molecule has 16 heavy (non-hydrogen) atoms. The highest BCUT2D eigenvalue weighted by atomic mass is 32.2. The Labute approximate surface area is 98.4 Å². The molecule has 0 radical (unpaired) electrons. The smallest absolute Gasteiger partial charge is 0.216 e. The lowest BCUT2D eigenvalue weighted by molar-refractivity contribution is 0.224. The molecule has 0 aromatic rings. The van der Waals surface area contributed by atoms with E-state index in [-0.39, 0.29) is 10.7 Å². The van der Waals surface area contributed by atoms with Crippen molar-refractivity contribution in [2.24, 2.45) is 5.41 Å². The van der Waals surface area contributed by atoms with E-state index in [0.29, 0.717) is 6.54 Å². The third-order valence-electron chi connectivity index (χ3n) is 3.92. The fourth-order valence-electron chi connectivity index (χ4n) is 2.79. The van der Waals surface area contributed by atoms with E-state index < -0.39 is 10.0 Å². The lowest BCUT2D eigenvalue weighted by atomic mass is 9.80. The van der Waals surface area contributed by atoms with Crippen molar-refractivity contribution in [1.82, 2.24) is 9.62 Å². The molecule has 2 aliphatic heterocycles. The van der Waals surface area contributed by atoms with Crippen LogP contribution in [0.25, 0.3) is 0 Å². The normalized spacial score (nSPS) is 32.7. The van der Waals surface area contributed by atoms with Crippen molar-refractivity contribution in [2.45, 2.75) is 38.4 Å². The van der Waals surface area contributed by atoms with Gasteiger partial charge in [0.05, 0.1) is 5.25 Å². The summed E-state index contributed by atoms with van der Waals surface area (Å²) < 4.78 is 25.8. The average Bonchev–Trinajstić information content (AvgIpc) is 2.64. The summed E-state index contributed by atoms with van der Waals surface area (Å²) in [5.74, 6) is 0. The van der Waals surface area contributed by atoms with Crippen molar-refractivity contribution in [3.8, 4) is 0 Å². The lowest BCUT2D eigenvalue weighted by Crippen LogP contribution is -2.43. The molecule has 0 bridgehead atoms. The van der Waals surface area contributed by atoms with Crippen LogP contribution in [0.5, 0.6) is 0 Å². The maximum absolute atomic E-state index is 12.1. The molecule has 0 saturated carbocycles. The second-order valence-corrected chi connectivity index (χ2v) is 7.95. The standard InChI is InChI=1S/C11H22N2O2S/c1-10(2)16(14,15)13-7-5-11(9-13)4-3-6-12-8-11/h10,12H,3-9H2,1-2H3. The molecule has 2 rings (SSSR count). The Hall–Kier alpha value is -0.130. The lowest BCUT2D eigenvalue weighted by Gasteiger charge is -2.34. The SMILES string of the molecule is CC(C)S(=O)(=O)N1CCC2(CCCNC2)C1. The predicted molar refractivity (Wildman–Crippen MR) is 64.8 cm³/mol. The largest absolute Gasteiger partial charge is 0.316 e. The van der Waals surface area contributed by atoms with Crippen molar-refractivity contribution in [2.75, 3.05) is 26.2 Å². The van der Waals surface area contributed by atoms with Gasteiger partial charge in [0.25, 0.3) is 0 Å². The maximum Gasteiger partial charge on any atom is 0.216 e. The van der Waals surface area contributed by atoms with Crippen molar-refractivity contribution in [3.05, 3.63) is 0 Å². The first-order valence-electron chi connectivity index (χ1n) is 6.16. The second-order valence-electron chi connectivity index (χ2n) is 5.46. The minimum absolute atomic E-state index is 0.222. The first-order valence-corrected chi connectivity index (χ1v) is 7.66. The second kappa shape index (κ2) is 4.27. The van der Waals surface area contributed by atoms with Gasteiger partial charge in [-0.15, -0.1) is 0 Å². The minimum atomic E-state index is -3.05. The van der Waals surface area contributed by atoms with Gasteiger partial charge in [0.15, 0.2) is 0 Å². The highest BCUT2D eigenvalue weighted by Gasteiger charge is 2.43. The number of rotatable bonds is 2. The van der Waals surface area contributed by atoms with Gasteiger partial charge in [-0.2, -0.15) is 0 Å². The molecule has 2 saturated heterocycles. The molecular formula is C11H22N2O2S. The Bertz CT molecular complexity index is 345. The Balaban J connectivity index is 2.08. The van der Waals surface area contributed by atoms with E-state index in [4.69, 9.17) is 0 Å². The van der Waals surface area contributed by atoms with Gasteiger partial charge in [-0.3, -0.25) is 0 Å². The van der Waals surface area contributed by atoms with Crippen LogP contribution in [0, 0.1) is 5.41 Å². The zero-order valence-electron chi connectivity index (χ0n) is 10.2. The Morgan fingerprint density at radius 3 is 2.62 bits per heavy atom. The summed E-state index contributed by atoms with van der Waals surface area (Å²) in [5.41, 5.74) is 0.222. The topological polar surface area (TPSA) is 49.4 Å². The van der Waals surface area contributed by atoms with Crippen LogP contribution < -0.4 is 5.32 Å². The van der Waals surface area contributed by atoms with Crippen LogP contribution >= 0.6 is 0 Å². The van der Waals surface area contributed by atoms with Crippen LogP contribution in [-0.2, 0) is 10.0 Å². The Morgan fingerprint density at radius 1 is 1.31 bits per heavy atom. The molecule has 1 unspecified atom stereocenters. The number of hydrogen-bond donors (Lipinski definition) is 1. The van der Waals surface area contributed by atoms with Gasteiger partial charge in [0.2, 0.25) is 10.0 Å². The third-order valence-corrected chi connectivity index (χ3v) is 6.14. The molecule has 4 nitrogen and oxygen atoms in total. The zero-order chi connectivity index (χ0) is 11.8. The number of nitrogens with zero attached hydrogens (tertiary/aromatic N) is 1. The first-order chi connectivity index (χ1) is 7.46. The van der Waals surface area contributed by atoms with Crippen LogP contribution in [0.2, 0.25) is 0 Å². The molecule has 2 heterocycles. The highest BCUT2D eigenvalue weighted by Crippen LogP contribution is 2.37. The molecule has 1 N–H and O–H groups in total. The van der Waals surface area contributed by atoms with Gasteiger partial charge in [0, 0.05) is 19.6 Å². The van der Waals surface area contributed by atoms with Crippen LogP contribution in [-0.4, -0.2) is 44.2 Å². The molecule has 2 fully saturated rings. The predicted octanol–water partition coefficient (Wildman–Crippen LogP) is 0.800. The first kappa shape index (κ1) is 12.3. The molecule has 5 heteroatoms. The summed E-state index contributed by atoms with van der Waals surface area (Å²) in [6, 6.07) is 0. The maximum atomic E-state index is 12.1. The molecule has 1 spiro atoms. The molecule has 0 aliphatic carbocycles.